The van der Waals surface area contributed by atoms with Crippen LogP contribution in [0.5, 0.6) is 11.5 Å². The topological polar surface area (TPSA) is 79.1 Å². The Bertz CT molecular complexity index is 2140. The van der Waals surface area contributed by atoms with E-state index < -0.39 is 12.0 Å². The zero-order chi connectivity index (χ0) is 30.6. The number of esters is 1. The highest BCUT2D eigenvalue weighted by atomic mass is 32.1. The monoisotopic (exact) mass is 600 g/mol. The van der Waals surface area contributed by atoms with E-state index in [2.05, 4.69) is 5.92 Å². The Kier molecular flexibility index (Phi) is 8.13. The number of methoxy groups -OCH3 is 1. The molecule has 0 radical (unpaired) electrons. The molecule has 2 heterocycles. The largest absolute Gasteiger partial charge is 0.497 e. The summed E-state index contributed by atoms with van der Waals surface area (Å²) in [4.78, 5) is 33.5. The van der Waals surface area contributed by atoms with Crippen LogP contribution in [0.4, 0.5) is 0 Å². The van der Waals surface area contributed by atoms with Gasteiger partial charge in [-0.3, -0.25) is 9.36 Å². The summed E-state index contributed by atoms with van der Waals surface area (Å²) in [5.74, 6) is 3.13. The molecule has 218 valence electrons. The van der Waals surface area contributed by atoms with E-state index in [0.29, 0.717) is 32.1 Å². The van der Waals surface area contributed by atoms with Crippen molar-refractivity contribution in [1.82, 2.24) is 4.57 Å². The second kappa shape index (κ2) is 12.5. The van der Waals surface area contributed by atoms with Gasteiger partial charge in [0.15, 0.2) is 4.80 Å². The molecule has 6 rings (SSSR count). The van der Waals surface area contributed by atoms with Crippen LogP contribution in [0.15, 0.2) is 106 Å². The molecule has 1 aromatic heterocycles. The highest BCUT2D eigenvalue weighted by Crippen LogP contribution is 2.36. The molecule has 44 heavy (non-hydrogen) atoms. The van der Waals surface area contributed by atoms with Crippen molar-refractivity contribution in [2.45, 2.75) is 13.0 Å². The van der Waals surface area contributed by atoms with Crippen molar-refractivity contribution in [2.75, 3.05) is 20.3 Å². The van der Waals surface area contributed by atoms with Crippen molar-refractivity contribution in [3.8, 4) is 23.8 Å². The molecule has 0 saturated carbocycles. The molecule has 5 aromatic rings. The van der Waals surface area contributed by atoms with Crippen LogP contribution in [0.2, 0.25) is 0 Å². The van der Waals surface area contributed by atoms with E-state index in [1.807, 2.05) is 97.1 Å². The first-order valence-electron chi connectivity index (χ1n) is 14.0. The van der Waals surface area contributed by atoms with Crippen molar-refractivity contribution < 1.29 is 19.0 Å². The van der Waals surface area contributed by atoms with E-state index >= 15 is 0 Å². The van der Waals surface area contributed by atoms with Crippen LogP contribution in [-0.4, -0.2) is 30.9 Å². The first kappa shape index (κ1) is 28.7. The summed E-state index contributed by atoms with van der Waals surface area (Å²) < 4.78 is 19.0. The normalized spacial score (nSPS) is 14.5. The highest BCUT2D eigenvalue weighted by Gasteiger charge is 2.35. The summed E-state index contributed by atoms with van der Waals surface area (Å²) in [6.45, 7) is 2.00. The number of terminal acetylenes is 1. The van der Waals surface area contributed by atoms with E-state index in [1.54, 1.807) is 18.6 Å². The van der Waals surface area contributed by atoms with Crippen LogP contribution in [0, 0.1) is 12.3 Å². The van der Waals surface area contributed by atoms with E-state index in [1.165, 1.54) is 11.3 Å². The number of carbonyl (C=O) groups excluding carboxylic acids is 1. The fourth-order valence-electron chi connectivity index (χ4n) is 5.37. The van der Waals surface area contributed by atoms with Gasteiger partial charge in [-0.1, -0.05) is 90.1 Å². The first-order chi connectivity index (χ1) is 21.5. The Hall–Kier alpha value is -5.39. The molecule has 8 heteroatoms. The third-order valence-corrected chi connectivity index (χ3v) is 8.28. The lowest BCUT2D eigenvalue weighted by Crippen LogP contribution is -2.40. The van der Waals surface area contributed by atoms with Crippen LogP contribution < -0.4 is 24.4 Å². The number of fused-ring (bicyclic) bond motifs is 2. The van der Waals surface area contributed by atoms with Crippen LogP contribution in [0.3, 0.4) is 0 Å². The van der Waals surface area contributed by atoms with Gasteiger partial charge in [-0.05, 0) is 47.5 Å². The molecule has 0 amide bonds. The van der Waals surface area contributed by atoms with Gasteiger partial charge >= 0.3 is 5.97 Å². The lowest BCUT2D eigenvalue weighted by molar-refractivity contribution is -0.138. The second-order valence-corrected chi connectivity index (χ2v) is 10.9. The van der Waals surface area contributed by atoms with Crippen molar-refractivity contribution >= 4 is 39.9 Å². The quantitative estimate of drug-likeness (QED) is 0.183. The number of carbonyl (C=O) groups is 1. The predicted molar refractivity (Wildman–Crippen MR) is 172 cm³/mol. The SMILES string of the molecule is C#CCOc1ccc2ccccc2c1/C=c1\sc2n(c1=O)[C@H](c1cccc(OC)c1)C(C(=O)OCC)=C(c1ccccc1)N=2. The van der Waals surface area contributed by atoms with Gasteiger partial charge in [0.05, 0.1) is 35.6 Å². The number of aromatic nitrogens is 1. The molecule has 1 atom stereocenters. The van der Waals surface area contributed by atoms with Gasteiger partial charge in [0.1, 0.15) is 18.1 Å². The Balaban J connectivity index is 1.67. The first-order valence-corrected chi connectivity index (χ1v) is 14.9. The number of hydrogen-bond acceptors (Lipinski definition) is 7. The van der Waals surface area contributed by atoms with Gasteiger partial charge in [-0.2, -0.15) is 0 Å². The number of thiazole rings is 1. The molecule has 0 spiro atoms. The van der Waals surface area contributed by atoms with Gasteiger partial charge in [0, 0.05) is 11.1 Å². The Morgan fingerprint density at radius 3 is 2.61 bits per heavy atom. The lowest BCUT2D eigenvalue weighted by Gasteiger charge is -2.26. The maximum absolute atomic E-state index is 14.4. The molecule has 0 N–H and O–H groups in total. The molecule has 0 unspecified atom stereocenters. The molecular formula is C36H28N2O5S. The van der Waals surface area contributed by atoms with Crippen LogP contribution in [0.25, 0.3) is 22.5 Å². The minimum atomic E-state index is -0.817. The van der Waals surface area contributed by atoms with Crippen LogP contribution in [0.1, 0.15) is 29.7 Å². The van der Waals surface area contributed by atoms with Crippen LogP contribution in [-0.2, 0) is 9.53 Å². The smallest absolute Gasteiger partial charge is 0.338 e. The molecule has 1 aliphatic heterocycles. The average Bonchev–Trinajstić information content (AvgIpc) is 3.38. The maximum atomic E-state index is 14.4. The Morgan fingerprint density at radius 2 is 1.84 bits per heavy atom. The van der Waals surface area contributed by atoms with Gasteiger partial charge in [-0.15, -0.1) is 6.42 Å². The molecule has 0 bridgehead atoms. The number of hydrogen-bond donors (Lipinski definition) is 0. The number of benzene rings is 4. The number of nitrogens with zero attached hydrogens (tertiary/aromatic N) is 2. The van der Waals surface area contributed by atoms with Crippen molar-refractivity contribution in [1.29, 1.82) is 0 Å². The molecule has 7 nitrogen and oxygen atoms in total. The molecule has 1 aliphatic rings. The summed E-state index contributed by atoms with van der Waals surface area (Å²) >= 11 is 1.25. The zero-order valence-electron chi connectivity index (χ0n) is 24.2. The number of ether oxygens (including phenoxy) is 3. The second-order valence-electron chi connectivity index (χ2n) is 9.90. The molecular weight excluding hydrogens is 572 g/mol. The zero-order valence-corrected chi connectivity index (χ0v) is 25.0. The summed E-state index contributed by atoms with van der Waals surface area (Å²) in [5.41, 5.74) is 2.58. The van der Waals surface area contributed by atoms with Crippen molar-refractivity contribution in [3.05, 3.63) is 133 Å². The summed E-state index contributed by atoms with van der Waals surface area (Å²) in [7, 11) is 1.58. The molecule has 0 fully saturated rings. The fourth-order valence-corrected chi connectivity index (χ4v) is 6.35. The van der Waals surface area contributed by atoms with E-state index in [4.69, 9.17) is 25.6 Å². The minimum absolute atomic E-state index is 0.0829. The Morgan fingerprint density at radius 1 is 1.05 bits per heavy atom. The van der Waals surface area contributed by atoms with Crippen LogP contribution >= 0.6 is 11.3 Å². The Labute approximate surface area is 258 Å². The summed E-state index contributed by atoms with van der Waals surface area (Å²) in [6.07, 6.45) is 7.31. The third kappa shape index (κ3) is 5.30. The van der Waals surface area contributed by atoms with Gasteiger partial charge in [0.25, 0.3) is 5.56 Å². The van der Waals surface area contributed by atoms with Crippen molar-refractivity contribution in [3.63, 3.8) is 0 Å². The molecule has 0 aliphatic carbocycles. The summed E-state index contributed by atoms with van der Waals surface area (Å²) in [5, 5.41) is 1.90. The maximum Gasteiger partial charge on any atom is 0.338 e. The molecule has 4 aromatic carbocycles. The predicted octanol–water partition coefficient (Wildman–Crippen LogP) is 5.11. The molecule has 0 saturated heterocycles. The van der Waals surface area contributed by atoms with Gasteiger partial charge in [-0.25, -0.2) is 9.79 Å². The van der Waals surface area contributed by atoms with Gasteiger partial charge < -0.3 is 14.2 Å². The average molecular weight is 601 g/mol. The number of rotatable bonds is 8. The van der Waals surface area contributed by atoms with Crippen molar-refractivity contribution in [2.24, 2.45) is 4.99 Å². The van der Waals surface area contributed by atoms with E-state index in [0.717, 1.165) is 21.9 Å². The van der Waals surface area contributed by atoms with Gasteiger partial charge in [0.2, 0.25) is 0 Å². The fraction of sp³-hybridized carbons (Fsp3) is 0.139. The van der Waals surface area contributed by atoms with E-state index in [9.17, 15) is 9.59 Å². The summed E-state index contributed by atoms with van der Waals surface area (Å²) in [6, 6.07) is 27.7. The van der Waals surface area contributed by atoms with E-state index in [-0.39, 0.29) is 24.3 Å². The third-order valence-electron chi connectivity index (χ3n) is 7.30. The standard InChI is InChI=1S/C36H28N2O5S/c1-4-20-43-29-19-18-23-12-9-10-17-27(23)28(29)22-30-34(39)38-33(25-15-11-16-26(21-25)41-3)31(35(40)42-5-2)32(37-36(38)44-30)24-13-7-6-8-14-24/h1,6-19,21-22,33H,5,20H2,2-3H3/b30-22-/t33-/m1/s1. The lowest BCUT2D eigenvalue weighted by atomic mass is 9.93. The minimum Gasteiger partial charge on any atom is -0.497 e. The highest BCUT2D eigenvalue weighted by molar-refractivity contribution is 7.07.